The van der Waals surface area contributed by atoms with E-state index in [-0.39, 0.29) is 0 Å². The summed E-state index contributed by atoms with van der Waals surface area (Å²) in [6.45, 7) is 3.89. The Kier molecular flexibility index (Phi) is 4.40. The molecule has 0 radical (unpaired) electrons. The van der Waals surface area contributed by atoms with Crippen LogP contribution in [0, 0.1) is 0 Å². The van der Waals surface area contributed by atoms with Gasteiger partial charge in [0.2, 0.25) is 0 Å². The van der Waals surface area contributed by atoms with Gasteiger partial charge >= 0.3 is 8.56 Å². The van der Waals surface area contributed by atoms with Crippen molar-refractivity contribution in [2.75, 3.05) is 0 Å². The Labute approximate surface area is 124 Å². The molecule has 0 atom stereocenters. The third kappa shape index (κ3) is 3.90. The molecule has 2 rings (SSSR count). The van der Waals surface area contributed by atoms with Crippen molar-refractivity contribution in [1.29, 1.82) is 0 Å². The van der Waals surface area contributed by atoms with Crippen LogP contribution in [0.15, 0.2) is 48.5 Å². The highest BCUT2D eigenvalue weighted by molar-refractivity contribution is 6.66. The van der Waals surface area contributed by atoms with Crippen LogP contribution in [0.2, 0.25) is 23.1 Å². The van der Waals surface area contributed by atoms with E-state index >= 15 is 0 Å². The molecule has 2 aromatic rings. The van der Waals surface area contributed by atoms with Crippen molar-refractivity contribution in [3.63, 3.8) is 0 Å². The number of hydrogen-bond acceptors (Lipinski definition) is 2. The molecule has 2 nitrogen and oxygen atoms in total. The molecule has 19 heavy (non-hydrogen) atoms. The average molecular weight is 313 g/mol. The Bertz CT molecular complexity index is 523. The molecule has 0 amide bonds. The number of rotatable bonds is 4. The smallest absolute Gasteiger partial charge is 0.454 e. The third-order valence-electron chi connectivity index (χ3n) is 2.38. The molecule has 0 unspecified atom stereocenters. The lowest BCUT2D eigenvalue weighted by Gasteiger charge is -2.25. The summed E-state index contributed by atoms with van der Waals surface area (Å²) in [6.07, 6.45) is 0. The van der Waals surface area contributed by atoms with Crippen molar-refractivity contribution in [2.24, 2.45) is 0 Å². The fraction of sp³-hybridized carbons (Fsp3) is 0.143. The summed E-state index contributed by atoms with van der Waals surface area (Å²) in [7, 11) is -2.42. The topological polar surface area (TPSA) is 18.5 Å². The second-order valence-electron chi connectivity index (χ2n) is 4.46. The molecule has 100 valence electrons. The SMILES string of the molecule is C[Si](C)(Oc1ccccc1Cl)Oc1ccccc1Cl. The minimum absolute atomic E-state index is 0.575. The number of hydrogen-bond donors (Lipinski definition) is 0. The van der Waals surface area contributed by atoms with E-state index in [0.29, 0.717) is 21.5 Å². The first-order valence-corrected chi connectivity index (χ1v) is 9.42. The number of benzene rings is 2. The second kappa shape index (κ2) is 5.86. The Morgan fingerprint density at radius 2 is 1.11 bits per heavy atom. The molecule has 0 aliphatic rings. The van der Waals surface area contributed by atoms with Gasteiger partial charge in [0.1, 0.15) is 11.5 Å². The highest BCUT2D eigenvalue weighted by Gasteiger charge is 2.30. The van der Waals surface area contributed by atoms with E-state index in [2.05, 4.69) is 0 Å². The van der Waals surface area contributed by atoms with Crippen LogP contribution in [0.25, 0.3) is 0 Å². The van der Waals surface area contributed by atoms with Crippen molar-refractivity contribution in [1.82, 2.24) is 0 Å². The van der Waals surface area contributed by atoms with E-state index in [1.165, 1.54) is 0 Å². The summed E-state index contributed by atoms with van der Waals surface area (Å²) in [5.74, 6) is 1.26. The summed E-state index contributed by atoms with van der Waals surface area (Å²) in [6, 6.07) is 14.7. The van der Waals surface area contributed by atoms with Crippen LogP contribution in [0.5, 0.6) is 11.5 Å². The summed E-state index contributed by atoms with van der Waals surface area (Å²) in [5, 5.41) is 1.15. The van der Waals surface area contributed by atoms with Crippen molar-refractivity contribution < 1.29 is 8.85 Å². The van der Waals surface area contributed by atoms with Gasteiger partial charge < -0.3 is 8.85 Å². The average Bonchev–Trinajstić information content (AvgIpc) is 2.35. The van der Waals surface area contributed by atoms with Gasteiger partial charge in [0.25, 0.3) is 0 Å². The lowest BCUT2D eigenvalue weighted by atomic mass is 10.3. The monoisotopic (exact) mass is 312 g/mol. The molecule has 5 heteroatoms. The van der Waals surface area contributed by atoms with E-state index in [1.54, 1.807) is 12.1 Å². The first-order valence-electron chi connectivity index (χ1n) is 5.85. The molecule has 0 spiro atoms. The third-order valence-corrected chi connectivity index (χ3v) is 4.43. The van der Waals surface area contributed by atoms with Crippen LogP contribution >= 0.6 is 23.2 Å². The Morgan fingerprint density at radius 3 is 1.47 bits per heavy atom. The first kappa shape index (κ1) is 14.3. The van der Waals surface area contributed by atoms with E-state index in [9.17, 15) is 0 Å². The zero-order chi connectivity index (χ0) is 13.9. The van der Waals surface area contributed by atoms with Crippen molar-refractivity contribution >= 4 is 31.8 Å². The molecule has 0 saturated heterocycles. The predicted molar refractivity (Wildman–Crippen MR) is 81.6 cm³/mol. The maximum absolute atomic E-state index is 6.08. The van der Waals surface area contributed by atoms with E-state index < -0.39 is 8.56 Å². The van der Waals surface area contributed by atoms with Gasteiger partial charge in [0.05, 0.1) is 10.0 Å². The zero-order valence-electron chi connectivity index (χ0n) is 10.7. The first-order chi connectivity index (χ1) is 8.98. The molecule has 0 fully saturated rings. The summed E-state index contributed by atoms with van der Waals surface area (Å²) >= 11 is 12.2. The van der Waals surface area contributed by atoms with Crippen LogP contribution in [0.3, 0.4) is 0 Å². The molecule has 2 aromatic carbocycles. The van der Waals surface area contributed by atoms with Gasteiger partial charge in [-0.1, -0.05) is 47.5 Å². The van der Waals surface area contributed by atoms with Gasteiger partial charge in [-0.25, -0.2) is 0 Å². The molecule has 0 aliphatic carbocycles. The largest absolute Gasteiger partial charge is 0.511 e. The van der Waals surface area contributed by atoms with Crippen LogP contribution in [0.1, 0.15) is 0 Å². The fourth-order valence-corrected chi connectivity index (χ4v) is 3.54. The van der Waals surface area contributed by atoms with Gasteiger partial charge in [0, 0.05) is 13.1 Å². The standard InChI is InChI=1S/C14H14Cl2O2Si/c1-19(2,17-13-9-5-3-7-11(13)15)18-14-10-6-4-8-12(14)16/h3-10H,1-2H3. The van der Waals surface area contributed by atoms with E-state index in [4.69, 9.17) is 32.1 Å². The van der Waals surface area contributed by atoms with E-state index in [1.807, 2.05) is 49.5 Å². The molecular weight excluding hydrogens is 299 g/mol. The minimum atomic E-state index is -2.42. The Balaban J connectivity index is 2.15. The lowest BCUT2D eigenvalue weighted by molar-refractivity contribution is 0.400. The van der Waals surface area contributed by atoms with Gasteiger partial charge in [0.15, 0.2) is 0 Å². The van der Waals surface area contributed by atoms with Crippen LogP contribution in [0.4, 0.5) is 0 Å². The molecule has 0 N–H and O–H groups in total. The van der Waals surface area contributed by atoms with Gasteiger partial charge in [-0.05, 0) is 24.3 Å². The van der Waals surface area contributed by atoms with Crippen LogP contribution < -0.4 is 8.85 Å². The quantitative estimate of drug-likeness (QED) is 0.727. The molecule has 0 heterocycles. The highest BCUT2D eigenvalue weighted by atomic mass is 35.5. The molecular formula is C14H14Cl2O2Si. The van der Waals surface area contributed by atoms with Gasteiger partial charge in [-0.2, -0.15) is 0 Å². The fourth-order valence-electron chi connectivity index (χ4n) is 1.61. The molecule has 0 aliphatic heterocycles. The molecule has 0 saturated carbocycles. The highest BCUT2D eigenvalue weighted by Crippen LogP contribution is 2.30. The molecule has 0 bridgehead atoms. The second-order valence-corrected chi connectivity index (χ2v) is 8.49. The van der Waals surface area contributed by atoms with Gasteiger partial charge in [-0.3, -0.25) is 0 Å². The summed E-state index contributed by atoms with van der Waals surface area (Å²) < 4.78 is 11.8. The molecule has 0 aromatic heterocycles. The van der Waals surface area contributed by atoms with Gasteiger partial charge in [-0.15, -0.1) is 0 Å². The number of halogens is 2. The van der Waals surface area contributed by atoms with E-state index in [0.717, 1.165) is 0 Å². The Morgan fingerprint density at radius 1 is 0.737 bits per heavy atom. The van der Waals surface area contributed by atoms with Crippen molar-refractivity contribution in [3.8, 4) is 11.5 Å². The normalized spacial score (nSPS) is 11.2. The predicted octanol–water partition coefficient (Wildman–Crippen LogP) is 5.15. The van der Waals surface area contributed by atoms with Crippen LogP contribution in [-0.2, 0) is 0 Å². The minimum Gasteiger partial charge on any atom is -0.511 e. The maximum Gasteiger partial charge on any atom is 0.454 e. The summed E-state index contributed by atoms with van der Waals surface area (Å²) in [4.78, 5) is 0. The maximum atomic E-state index is 6.08. The lowest BCUT2D eigenvalue weighted by Crippen LogP contribution is -2.41. The summed E-state index contributed by atoms with van der Waals surface area (Å²) in [5.41, 5.74) is 0. The number of para-hydroxylation sites is 2. The zero-order valence-corrected chi connectivity index (χ0v) is 13.2. The Hall–Kier alpha value is -1.16. The van der Waals surface area contributed by atoms with Crippen molar-refractivity contribution in [2.45, 2.75) is 13.1 Å². The van der Waals surface area contributed by atoms with Crippen molar-refractivity contribution in [3.05, 3.63) is 58.6 Å². The van der Waals surface area contributed by atoms with Crippen LogP contribution in [-0.4, -0.2) is 8.56 Å².